The van der Waals surface area contributed by atoms with Crippen LogP contribution >= 0.6 is 0 Å². The van der Waals surface area contributed by atoms with Gasteiger partial charge in [0.25, 0.3) is 0 Å². The predicted octanol–water partition coefficient (Wildman–Crippen LogP) is 1.77. The number of amides is 1. The molecule has 0 radical (unpaired) electrons. The number of fused-ring (bicyclic) bond motifs is 1. The lowest BCUT2D eigenvalue weighted by atomic mass is 9.86. The monoisotopic (exact) mass is 329 g/mol. The van der Waals surface area contributed by atoms with Crippen LogP contribution in [0.15, 0.2) is 24.4 Å². The van der Waals surface area contributed by atoms with E-state index in [0.29, 0.717) is 12.5 Å². The third kappa shape index (κ3) is 3.47. The highest BCUT2D eigenvalue weighted by Crippen LogP contribution is 2.36. The van der Waals surface area contributed by atoms with Gasteiger partial charge in [0, 0.05) is 37.4 Å². The van der Waals surface area contributed by atoms with Crippen LogP contribution < -0.4 is 5.32 Å². The first kappa shape index (κ1) is 16.0. The first-order chi connectivity index (χ1) is 11.8. The average Bonchev–Trinajstić information content (AvgIpc) is 2.98. The standard InChI is InChI=1S/C19H27N3O2/c23-19(21-10-7-15-4-1-2-9-20-15)17-12-14-8-11-22(13-18(14)24-17)16-5-3-6-16/h1-2,4,9,14,16-18H,3,5-8,10-13H2,(H,21,23)/t14-,17+,18-/m0/s1. The molecule has 2 saturated heterocycles. The Hall–Kier alpha value is -1.46. The summed E-state index contributed by atoms with van der Waals surface area (Å²) in [5.41, 5.74) is 1.01. The summed E-state index contributed by atoms with van der Waals surface area (Å²) >= 11 is 0. The van der Waals surface area contributed by atoms with Gasteiger partial charge in [0.1, 0.15) is 6.10 Å². The Bertz CT molecular complexity index is 561. The van der Waals surface area contributed by atoms with Crippen molar-refractivity contribution in [3.05, 3.63) is 30.1 Å². The zero-order valence-corrected chi connectivity index (χ0v) is 14.2. The van der Waals surface area contributed by atoms with Gasteiger partial charge in [0.05, 0.1) is 6.10 Å². The van der Waals surface area contributed by atoms with E-state index in [2.05, 4.69) is 15.2 Å². The Kier molecular flexibility index (Phi) is 4.81. The molecule has 3 heterocycles. The molecule has 1 N–H and O–H groups in total. The van der Waals surface area contributed by atoms with Gasteiger partial charge in [-0.05, 0) is 50.3 Å². The maximum absolute atomic E-state index is 12.4. The Morgan fingerprint density at radius 1 is 1.33 bits per heavy atom. The average molecular weight is 329 g/mol. The first-order valence-electron chi connectivity index (χ1n) is 9.37. The van der Waals surface area contributed by atoms with E-state index in [4.69, 9.17) is 4.74 Å². The topological polar surface area (TPSA) is 54.5 Å². The molecule has 0 unspecified atom stereocenters. The summed E-state index contributed by atoms with van der Waals surface area (Å²) in [6.45, 7) is 2.83. The highest BCUT2D eigenvalue weighted by Gasteiger charge is 2.43. The fraction of sp³-hybridized carbons (Fsp3) is 0.684. The Morgan fingerprint density at radius 2 is 2.25 bits per heavy atom. The minimum atomic E-state index is -0.259. The number of likely N-dealkylation sites (tertiary alicyclic amines) is 1. The zero-order valence-electron chi connectivity index (χ0n) is 14.2. The molecule has 1 amide bonds. The molecule has 1 aliphatic carbocycles. The number of carbonyl (C=O) groups excluding carboxylic acids is 1. The smallest absolute Gasteiger partial charge is 0.249 e. The van der Waals surface area contributed by atoms with Crippen LogP contribution in [-0.2, 0) is 16.0 Å². The highest BCUT2D eigenvalue weighted by atomic mass is 16.5. The molecule has 3 atom stereocenters. The first-order valence-corrected chi connectivity index (χ1v) is 9.37. The number of piperidine rings is 1. The summed E-state index contributed by atoms with van der Waals surface area (Å²) in [6.07, 6.45) is 8.67. The molecule has 24 heavy (non-hydrogen) atoms. The van der Waals surface area contributed by atoms with Crippen molar-refractivity contribution in [1.29, 1.82) is 0 Å². The van der Waals surface area contributed by atoms with Gasteiger partial charge in [0.15, 0.2) is 0 Å². The van der Waals surface area contributed by atoms with Gasteiger partial charge in [0.2, 0.25) is 5.91 Å². The fourth-order valence-corrected chi connectivity index (χ4v) is 4.18. The number of ether oxygens (including phenoxy) is 1. The van der Waals surface area contributed by atoms with Crippen LogP contribution in [0.5, 0.6) is 0 Å². The van der Waals surface area contributed by atoms with Gasteiger partial charge >= 0.3 is 0 Å². The van der Waals surface area contributed by atoms with E-state index in [-0.39, 0.29) is 18.1 Å². The summed E-state index contributed by atoms with van der Waals surface area (Å²) in [5.74, 6) is 0.614. The largest absolute Gasteiger partial charge is 0.364 e. The molecule has 2 aliphatic heterocycles. The minimum absolute atomic E-state index is 0.0514. The second-order valence-electron chi connectivity index (χ2n) is 7.39. The van der Waals surface area contributed by atoms with E-state index in [0.717, 1.165) is 31.1 Å². The number of nitrogens with one attached hydrogen (secondary N) is 1. The molecule has 5 heteroatoms. The van der Waals surface area contributed by atoms with Crippen molar-refractivity contribution in [2.45, 2.75) is 56.8 Å². The van der Waals surface area contributed by atoms with E-state index in [9.17, 15) is 4.79 Å². The van der Waals surface area contributed by atoms with E-state index in [1.807, 2.05) is 18.2 Å². The Labute approximate surface area is 143 Å². The fourth-order valence-electron chi connectivity index (χ4n) is 4.18. The van der Waals surface area contributed by atoms with Crippen molar-refractivity contribution in [2.75, 3.05) is 19.6 Å². The van der Waals surface area contributed by atoms with E-state index >= 15 is 0 Å². The molecule has 0 aromatic carbocycles. The van der Waals surface area contributed by atoms with E-state index < -0.39 is 0 Å². The summed E-state index contributed by atoms with van der Waals surface area (Å²) in [5, 5.41) is 3.02. The van der Waals surface area contributed by atoms with Crippen molar-refractivity contribution in [3.63, 3.8) is 0 Å². The molecular formula is C19H27N3O2. The van der Waals surface area contributed by atoms with Crippen molar-refractivity contribution in [1.82, 2.24) is 15.2 Å². The molecule has 1 saturated carbocycles. The third-order valence-corrected chi connectivity index (χ3v) is 5.87. The number of hydrogen-bond acceptors (Lipinski definition) is 4. The van der Waals surface area contributed by atoms with Crippen LogP contribution in [0.1, 0.15) is 37.8 Å². The lowest BCUT2D eigenvalue weighted by Crippen LogP contribution is -2.49. The SMILES string of the molecule is O=C(NCCc1ccccn1)[C@H]1C[C@@H]2CCN(C3CCC3)C[C@@H]2O1. The van der Waals surface area contributed by atoms with Gasteiger partial charge in [-0.2, -0.15) is 0 Å². The number of nitrogens with zero attached hydrogens (tertiary/aromatic N) is 2. The molecule has 130 valence electrons. The van der Waals surface area contributed by atoms with Crippen LogP contribution in [0.4, 0.5) is 0 Å². The van der Waals surface area contributed by atoms with Crippen LogP contribution in [0.25, 0.3) is 0 Å². The minimum Gasteiger partial charge on any atom is -0.364 e. The predicted molar refractivity (Wildman–Crippen MR) is 91.5 cm³/mol. The second-order valence-corrected chi connectivity index (χ2v) is 7.39. The van der Waals surface area contributed by atoms with Gasteiger partial charge in [-0.15, -0.1) is 0 Å². The van der Waals surface area contributed by atoms with E-state index in [1.165, 1.54) is 32.2 Å². The third-order valence-electron chi connectivity index (χ3n) is 5.87. The number of rotatable bonds is 5. The van der Waals surface area contributed by atoms with Crippen molar-refractivity contribution < 1.29 is 9.53 Å². The number of aromatic nitrogens is 1. The molecule has 1 aromatic heterocycles. The number of carbonyl (C=O) groups is 1. The molecule has 3 aliphatic rings. The van der Waals surface area contributed by atoms with Crippen LogP contribution in [0, 0.1) is 5.92 Å². The molecule has 0 bridgehead atoms. The molecule has 4 rings (SSSR count). The number of pyridine rings is 1. The lowest BCUT2D eigenvalue weighted by Gasteiger charge is -2.43. The molecular weight excluding hydrogens is 302 g/mol. The van der Waals surface area contributed by atoms with Crippen LogP contribution in [0.3, 0.4) is 0 Å². The van der Waals surface area contributed by atoms with E-state index in [1.54, 1.807) is 6.20 Å². The summed E-state index contributed by atoms with van der Waals surface area (Å²) < 4.78 is 6.11. The van der Waals surface area contributed by atoms with Crippen molar-refractivity contribution in [3.8, 4) is 0 Å². The molecule has 3 fully saturated rings. The Morgan fingerprint density at radius 3 is 3.00 bits per heavy atom. The van der Waals surface area contributed by atoms with Crippen LogP contribution in [-0.4, -0.2) is 53.7 Å². The molecule has 1 aromatic rings. The molecule has 5 nitrogen and oxygen atoms in total. The van der Waals surface area contributed by atoms with Gasteiger partial charge < -0.3 is 10.1 Å². The lowest BCUT2D eigenvalue weighted by molar-refractivity contribution is -0.133. The quantitative estimate of drug-likeness (QED) is 0.894. The summed E-state index contributed by atoms with van der Waals surface area (Å²) in [7, 11) is 0. The zero-order chi connectivity index (χ0) is 16.4. The maximum atomic E-state index is 12.4. The second kappa shape index (κ2) is 7.19. The molecule has 0 spiro atoms. The normalized spacial score (nSPS) is 30.6. The summed E-state index contributed by atoms with van der Waals surface area (Å²) in [4.78, 5) is 19.3. The van der Waals surface area contributed by atoms with Crippen molar-refractivity contribution in [2.24, 2.45) is 5.92 Å². The van der Waals surface area contributed by atoms with Gasteiger partial charge in [-0.1, -0.05) is 12.5 Å². The number of hydrogen-bond donors (Lipinski definition) is 1. The van der Waals surface area contributed by atoms with Gasteiger partial charge in [-0.25, -0.2) is 0 Å². The van der Waals surface area contributed by atoms with Crippen LogP contribution in [0.2, 0.25) is 0 Å². The highest BCUT2D eigenvalue weighted by molar-refractivity contribution is 5.81. The Balaban J connectivity index is 1.23. The van der Waals surface area contributed by atoms with Crippen molar-refractivity contribution >= 4 is 5.91 Å². The maximum Gasteiger partial charge on any atom is 0.249 e. The summed E-state index contributed by atoms with van der Waals surface area (Å²) in [6, 6.07) is 6.65. The van der Waals surface area contributed by atoms with Gasteiger partial charge in [-0.3, -0.25) is 14.7 Å².